The molecule has 9 atom stereocenters. The monoisotopic (exact) mass is 747 g/mol. The lowest BCUT2D eigenvalue weighted by Gasteiger charge is -2.32. The van der Waals surface area contributed by atoms with Gasteiger partial charge in [-0.2, -0.15) is 0 Å². The third-order valence-electron chi connectivity index (χ3n) is 13.0. The highest BCUT2D eigenvalue weighted by molar-refractivity contribution is 5.70. The quantitative estimate of drug-likeness (QED) is 0.0446. The van der Waals surface area contributed by atoms with Crippen LogP contribution in [0.2, 0.25) is 0 Å². The number of aryl methyl sites for hydroxylation is 1. The number of hydrogen-bond donors (Lipinski definition) is 8. The Morgan fingerprint density at radius 3 is 2.39 bits per heavy atom. The molecular formula is C45H70N4O5. The molecule has 1 saturated carbocycles. The number of carbonyl (C=O) groups is 1. The average Bonchev–Trinajstić information content (AvgIpc) is 3.89. The van der Waals surface area contributed by atoms with Crippen LogP contribution in [0.15, 0.2) is 60.2 Å². The Labute approximate surface area is 324 Å². The summed E-state index contributed by atoms with van der Waals surface area (Å²) in [6.45, 7) is 7.27. The van der Waals surface area contributed by atoms with Crippen LogP contribution in [0.4, 0.5) is 0 Å². The maximum absolute atomic E-state index is 12.4. The van der Waals surface area contributed by atoms with Crippen molar-refractivity contribution in [3.63, 3.8) is 0 Å². The van der Waals surface area contributed by atoms with E-state index in [0.717, 1.165) is 57.1 Å². The highest BCUT2D eigenvalue weighted by atomic mass is 16.4. The Morgan fingerprint density at radius 1 is 0.963 bits per heavy atom. The van der Waals surface area contributed by atoms with Crippen LogP contribution in [-0.2, 0) is 17.6 Å². The van der Waals surface area contributed by atoms with Crippen molar-refractivity contribution >= 4 is 5.97 Å². The second kappa shape index (κ2) is 20.1. The van der Waals surface area contributed by atoms with E-state index in [2.05, 4.69) is 78.8 Å². The molecule has 9 heteroatoms. The molecule has 5 rings (SSSR count). The number of rotatable bonds is 22. The fourth-order valence-electron chi connectivity index (χ4n) is 9.54. The molecule has 1 aliphatic heterocycles. The smallest absolute Gasteiger partial charge is 0.309 e. The molecule has 0 amide bonds. The van der Waals surface area contributed by atoms with E-state index in [9.17, 15) is 25.2 Å². The number of aromatic nitrogens is 2. The minimum Gasteiger partial charge on any atom is -0.481 e. The van der Waals surface area contributed by atoms with Gasteiger partial charge in [0.1, 0.15) is 0 Å². The van der Waals surface area contributed by atoms with Crippen LogP contribution in [0.25, 0.3) is 0 Å². The number of carboxylic acid groups (broad SMARTS) is 1. The largest absolute Gasteiger partial charge is 0.481 e. The van der Waals surface area contributed by atoms with Crippen molar-refractivity contribution in [2.75, 3.05) is 6.54 Å². The molecule has 9 N–H and O–H groups in total. The number of nitrogens with one attached hydrogen (secondary N) is 3. The number of dihydropyridines is 1. The molecule has 2 aromatic heterocycles. The zero-order valence-corrected chi connectivity index (χ0v) is 33.2. The number of hydrogen-bond acceptors (Lipinski definition) is 6. The van der Waals surface area contributed by atoms with Crippen LogP contribution in [0.5, 0.6) is 0 Å². The van der Waals surface area contributed by atoms with Gasteiger partial charge in [0.25, 0.3) is 0 Å². The lowest BCUT2D eigenvalue weighted by Crippen LogP contribution is -2.37. The fourth-order valence-corrected chi connectivity index (χ4v) is 9.54. The van der Waals surface area contributed by atoms with Gasteiger partial charge in [-0.25, -0.2) is 0 Å². The number of unbranched alkanes of at least 4 members (excludes halogenated alkanes) is 4. The summed E-state index contributed by atoms with van der Waals surface area (Å²) in [6, 6.07) is 4.45. The summed E-state index contributed by atoms with van der Waals surface area (Å²) in [4.78, 5) is 19.2. The Hall–Kier alpha value is -3.27. The molecule has 0 saturated heterocycles. The van der Waals surface area contributed by atoms with Crippen molar-refractivity contribution in [2.24, 2.45) is 35.3 Å². The third kappa shape index (κ3) is 11.6. The van der Waals surface area contributed by atoms with Gasteiger partial charge in [0.05, 0.1) is 29.5 Å². The van der Waals surface area contributed by atoms with Gasteiger partial charge in [-0.3, -0.25) is 4.79 Å². The number of nitrogens with two attached hydrogens (primary N) is 1. The molecule has 3 aliphatic rings. The fraction of sp³-hybridized carbons (Fsp3) is 0.667. The van der Waals surface area contributed by atoms with E-state index in [1.54, 1.807) is 0 Å². The summed E-state index contributed by atoms with van der Waals surface area (Å²) in [5, 5.41) is 47.7. The Morgan fingerprint density at radius 2 is 1.70 bits per heavy atom. The topological polar surface area (TPSA) is 168 Å². The molecule has 300 valence electrons. The van der Waals surface area contributed by atoms with Gasteiger partial charge in [-0.05, 0) is 123 Å². The Balaban J connectivity index is 1.15. The van der Waals surface area contributed by atoms with Crippen LogP contribution >= 0.6 is 0 Å². The molecule has 0 radical (unpaired) electrons. The second-order valence-corrected chi connectivity index (χ2v) is 17.1. The molecule has 54 heavy (non-hydrogen) atoms. The summed E-state index contributed by atoms with van der Waals surface area (Å²) < 4.78 is 0. The van der Waals surface area contributed by atoms with Gasteiger partial charge in [-0.1, -0.05) is 77.5 Å². The summed E-state index contributed by atoms with van der Waals surface area (Å²) in [5.41, 5.74) is 11.0. The lowest BCUT2D eigenvalue weighted by molar-refractivity contribution is -0.146. The van der Waals surface area contributed by atoms with Crippen LogP contribution in [0, 0.1) is 29.6 Å². The molecule has 0 unspecified atom stereocenters. The lowest BCUT2D eigenvalue weighted by atomic mass is 9.80. The zero-order valence-electron chi connectivity index (χ0n) is 33.2. The van der Waals surface area contributed by atoms with Crippen LogP contribution in [-0.4, -0.2) is 60.7 Å². The summed E-state index contributed by atoms with van der Waals surface area (Å²) in [6.07, 6.45) is 25.5. The molecule has 2 aliphatic carbocycles. The van der Waals surface area contributed by atoms with Crippen LogP contribution < -0.4 is 11.1 Å². The highest BCUT2D eigenvalue weighted by Crippen LogP contribution is 2.47. The first-order valence-corrected chi connectivity index (χ1v) is 21.2. The average molecular weight is 747 g/mol. The van der Waals surface area contributed by atoms with Gasteiger partial charge >= 0.3 is 5.97 Å². The van der Waals surface area contributed by atoms with E-state index >= 15 is 0 Å². The zero-order chi connectivity index (χ0) is 38.7. The van der Waals surface area contributed by atoms with Crippen molar-refractivity contribution in [3.05, 3.63) is 82.7 Å². The summed E-state index contributed by atoms with van der Waals surface area (Å²) in [5.74, 6) is -0.0648. The van der Waals surface area contributed by atoms with E-state index in [-0.39, 0.29) is 36.2 Å². The summed E-state index contributed by atoms with van der Waals surface area (Å²) >= 11 is 0. The SMILES string of the molecule is CCCCC[C@@H]1C=C[C@@H](CCCCC[C@H](C(=O)O)[C@H](O)CC[C@]2(O)C[C@H](CC3=CCNC(N)=C3)C[C@H]2Cc2cc([C@H](C)c3c[nH]c(CC)c3)c[nH]2)[C@H](O)C1. The van der Waals surface area contributed by atoms with Gasteiger partial charge in [0, 0.05) is 42.2 Å². The highest BCUT2D eigenvalue weighted by Gasteiger charge is 2.46. The Kier molecular flexibility index (Phi) is 15.6. The number of aliphatic hydroxyl groups excluding tert-OH is 2. The minimum absolute atomic E-state index is 0.0295. The minimum atomic E-state index is -1.03. The van der Waals surface area contributed by atoms with Crippen LogP contribution in [0.1, 0.15) is 146 Å². The van der Waals surface area contributed by atoms with Gasteiger partial charge in [-0.15, -0.1) is 0 Å². The number of aromatic amines is 2. The van der Waals surface area contributed by atoms with Crippen molar-refractivity contribution in [1.82, 2.24) is 15.3 Å². The molecular weight excluding hydrogens is 677 g/mol. The predicted octanol–water partition coefficient (Wildman–Crippen LogP) is 8.00. The van der Waals surface area contributed by atoms with E-state index in [1.807, 2.05) is 6.08 Å². The first-order chi connectivity index (χ1) is 26.0. The maximum atomic E-state index is 12.4. The Bertz CT molecular complexity index is 1560. The van der Waals surface area contributed by atoms with E-state index in [4.69, 9.17) is 5.73 Å². The van der Waals surface area contributed by atoms with Crippen molar-refractivity contribution in [3.8, 4) is 0 Å². The van der Waals surface area contributed by atoms with E-state index in [1.165, 1.54) is 41.7 Å². The normalized spacial score (nSPS) is 27.3. The molecule has 0 aromatic carbocycles. The van der Waals surface area contributed by atoms with Crippen molar-refractivity contribution in [2.45, 2.75) is 154 Å². The van der Waals surface area contributed by atoms with E-state index < -0.39 is 23.6 Å². The number of aliphatic hydroxyl groups is 3. The maximum Gasteiger partial charge on any atom is 0.309 e. The van der Waals surface area contributed by atoms with Crippen molar-refractivity contribution < 1.29 is 25.2 Å². The molecule has 0 spiro atoms. The number of H-pyrrole nitrogens is 2. The molecule has 2 aromatic rings. The van der Waals surface area contributed by atoms with Gasteiger partial charge in [0.2, 0.25) is 0 Å². The predicted molar refractivity (Wildman–Crippen MR) is 217 cm³/mol. The standard InChI is InChI=1S/C45H70N4O5/c1-4-6-8-11-31-14-15-34(42(51)22-31)12-9-7-10-13-40(44(52)53)41(50)16-18-45(54)27-33(20-32-17-19-47-43(46)23-32)21-37(45)26-39-25-36(29-49-39)30(3)35-24-38(5-2)48-28-35/h14-15,17,23-25,28-31,33-34,37,40-42,47-51,54H,4-13,16,18-22,26-27,46H2,1-3H3,(H,52,53)/t30-,31-,33-,34-,37+,40+,41-,42-,45+/m1/s1. The number of allylic oxidation sites excluding steroid dienone is 3. The van der Waals surface area contributed by atoms with E-state index in [0.29, 0.717) is 50.4 Å². The first-order valence-electron chi connectivity index (χ1n) is 21.2. The molecule has 0 bridgehead atoms. The first kappa shape index (κ1) is 41.9. The third-order valence-corrected chi connectivity index (χ3v) is 13.0. The second-order valence-electron chi connectivity index (χ2n) is 17.1. The van der Waals surface area contributed by atoms with Crippen molar-refractivity contribution in [1.29, 1.82) is 0 Å². The molecule has 1 fully saturated rings. The van der Waals surface area contributed by atoms with Crippen LogP contribution in [0.3, 0.4) is 0 Å². The van der Waals surface area contributed by atoms with Gasteiger partial charge < -0.3 is 41.4 Å². The molecule has 3 heterocycles. The molecule has 9 nitrogen and oxygen atoms in total. The van der Waals surface area contributed by atoms with Gasteiger partial charge in [0.15, 0.2) is 0 Å². The number of carboxylic acids is 1. The number of aliphatic carboxylic acids is 1. The summed E-state index contributed by atoms with van der Waals surface area (Å²) in [7, 11) is 0.